The zero-order chi connectivity index (χ0) is 16.5. The smallest absolute Gasteiger partial charge is 0.261 e. The highest BCUT2D eigenvalue weighted by Gasteiger charge is 2.17. The maximum absolute atomic E-state index is 12.6. The van der Waals surface area contributed by atoms with Crippen LogP contribution in [0.15, 0.2) is 41.3 Å². The van der Waals surface area contributed by atoms with Crippen LogP contribution in [0.1, 0.15) is 42.0 Å². The van der Waals surface area contributed by atoms with E-state index < -0.39 is 10.0 Å². The van der Waals surface area contributed by atoms with E-state index in [1.807, 2.05) is 45.0 Å². The van der Waals surface area contributed by atoms with Crippen LogP contribution in [0, 0.1) is 20.8 Å². The Hall–Kier alpha value is -1.81. The molecule has 0 radical (unpaired) electrons. The van der Waals surface area contributed by atoms with Crippen molar-refractivity contribution < 1.29 is 8.42 Å². The fourth-order valence-electron chi connectivity index (χ4n) is 2.57. The second-order valence-electron chi connectivity index (χ2n) is 6.10. The highest BCUT2D eigenvalue weighted by Crippen LogP contribution is 2.25. The van der Waals surface area contributed by atoms with Gasteiger partial charge < -0.3 is 0 Å². The molecule has 0 aliphatic rings. The molecule has 0 saturated carbocycles. The van der Waals surface area contributed by atoms with Crippen molar-refractivity contribution in [1.29, 1.82) is 0 Å². The van der Waals surface area contributed by atoms with Crippen LogP contribution in [0.3, 0.4) is 0 Å². The van der Waals surface area contributed by atoms with Crippen molar-refractivity contribution in [3.05, 3.63) is 58.7 Å². The van der Waals surface area contributed by atoms with Crippen molar-refractivity contribution in [1.82, 2.24) is 0 Å². The summed E-state index contributed by atoms with van der Waals surface area (Å²) in [6, 6.07) is 11.0. The van der Waals surface area contributed by atoms with Crippen molar-refractivity contribution in [3.63, 3.8) is 0 Å². The van der Waals surface area contributed by atoms with E-state index in [4.69, 9.17) is 0 Å². The first-order valence-electron chi connectivity index (χ1n) is 7.41. The topological polar surface area (TPSA) is 46.2 Å². The molecule has 118 valence electrons. The molecule has 0 bridgehead atoms. The molecule has 0 atom stereocenters. The van der Waals surface area contributed by atoms with Gasteiger partial charge in [0.2, 0.25) is 0 Å². The minimum absolute atomic E-state index is 0.288. The summed E-state index contributed by atoms with van der Waals surface area (Å²) in [6.45, 7) is 10.0. The molecule has 2 aromatic rings. The Morgan fingerprint density at radius 1 is 0.909 bits per heavy atom. The Kier molecular flexibility index (Phi) is 4.61. The third kappa shape index (κ3) is 3.50. The Bertz CT molecular complexity index is 752. The molecular formula is C18H23NO2S. The average Bonchev–Trinajstić information content (AvgIpc) is 2.43. The Morgan fingerprint density at radius 2 is 1.41 bits per heavy atom. The third-order valence-electron chi connectivity index (χ3n) is 3.77. The maximum atomic E-state index is 12.6. The predicted molar refractivity (Wildman–Crippen MR) is 92.0 cm³/mol. The first kappa shape index (κ1) is 16.6. The van der Waals surface area contributed by atoms with Crippen LogP contribution >= 0.6 is 0 Å². The summed E-state index contributed by atoms with van der Waals surface area (Å²) in [5.74, 6) is 0.381. The number of benzene rings is 2. The zero-order valence-corrected chi connectivity index (χ0v) is 14.6. The van der Waals surface area contributed by atoms with Gasteiger partial charge in [0, 0.05) is 0 Å². The van der Waals surface area contributed by atoms with Crippen LogP contribution < -0.4 is 4.72 Å². The highest BCUT2D eigenvalue weighted by atomic mass is 32.2. The quantitative estimate of drug-likeness (QED) is 0.900. The molecule has 0 unspecified atom stereocenters. The number of rotatable bonds is 4. The number of hydrogen-bond donors (Lipinski definition) is 1. The van der Waals surface area contributed by atoms with Crippen molar-refractivity contribution in [2.24, 2.45) is 0 Å². The molecular weight excluding hydrogens is 294 g/mol. The molecule has 1 N–H and O–H groups in total. The minimum Gasteiger partial charge on any atom is -0.279 e. The standard InChI is InChI=1S/C18H23NO2S/c1-12(2)16-6-8-17(9-7-16)22(20,21)19-18-14(4)10-13(3)11-15(18)5/h6-12,19H,1-5H3. The van der Waals surface area contributed by atoms with Gasteiger partial charge in [-0.2, -0.15) is 0 Å². The maximum Gasteiger partial charge on any atom is 0.261 e. The van der Waals surface area contributed by atoms with Gasteiger partial charge in [-0.3, -0.25) is 4.72 Å². The van der Waals surface area contributed by atoms with Crippen LogP contribution in [0.5, 0.6) is 0 Å². The fourth-order valence-corrected chi connectivity index (χ4v) is 3.77. The molecule has 4 heteroatoms. The Balaban J connectivity index is 2.36. The van der Waals surface area contributed by atoms with Crippen LogP contribution in [0.2, 0.25) is 0 Å². The van der Waals surface area contributed by atoms with Gasteiger partial charge in [-0.25, -0.2) is 8.42 Å². The molecule has 22 heavy (non-hydrogen) atoms. The van der Waals surface area contributed by atoms with E-state index in [9.17, 15) is 8.42 Å². The monoisotopic (exact) mass is 317 g/mol. The Morgan fingerprint density at radius 3 is 1.86 bits per heavy atom. The largest absolute Gasteiger partial charge is 0.279 e. The number of hydrogen-bond acceptors (Lipinski definition) is 2. The number of nitrogens with one attached hydrogen (secondary N) is 1. The molecule has 0 saturated heterocycles. The summed E-state index contributed by atoms with van der Waals surface area (Å²) >= 11 is 0. The third-order valence-corrected chi connectivity index (χ3v) is 5.14. The van der Waals surface area contributed by atoms with Gasteiger partial charge in [-0.05, 0) is 55.5 Å². The van der Waals surface area contributed by atoms with Gasteiger partial charge in [0.15, 0.2) is 0 Å². The van der Waals surface area contributed by atoms with Crippen LogP contribution in [-0.2, 0) is 10.0 Å². The molecule has 0 fully saturated rings. The second-order valence-corrected chi connectivity index (χ2v) is 7.79. The summed E-state index contributed by atoms with van der Waals surface area (Å²) in [5.41, 5.74) is 4.78. The van der Waals surface area contributed by atoms with E-state index >= 15 is 0 Å². The minimum atomic E-state index is -3.56. The van der Waals surface area contributed by atoms with E-state index in [2.05, 4.69) is 18.6 Å². The number of aryl methyl sites for hydroxylation is 3. The first-order valence-corrected chi connectivity index (χ1v) is 8.89. The lowest BCUT2D eigenvalue weighted by atomic mass is 10.0. The van der Waals surface area contributed by atoms with E-state index in [1.54, 1.807) is 12.1 Å². The Labute approximate surface area is 133 Å². The van der Waals surface area contributed by atoms with Gasteiger partial charge in [-0.1, -0.05) is 43.7 Å². The highest BCUT2D eigenvalue weighted by molar-refractivity contribution is 7.92. The zero-order valence-electron chi connectivity index (χ0n) is 13.8. The van der Waals surface area contributed by atoms with Gasteiger partial charge >= 0.3 is 0 Å². The molecule has 2 aromatic carbocycles. The predicted octanol–water partition coefficient (Wildman–Crippen LogP) is 4.54. The van der Waals surface area contributed by atoms with E-state index in [0.29, 0.717) is 11.6 Å². The van der Waals surface area contributed by atoms with Crippen molar-refractivity contribution in [2.45, 2.75) is 45.4 Å². The van der Waals surface area contributed by atoms with Gasteiger partial charge in [0.05, 0.1) is 10.6 Å². The summed E-state index contributed by atoms with van der Waals surface area (Å²) in [5, 5.41) is 0. The number of anilines is 1. The molecule has 0 spiro atoms. The SMILES string of the molecule is Cc1cc(C)c(NS(=O)(=O)c2ccc(C(C)C)cc2)c(C)c1. The van der Waals surface area contributed by atoms with Crippen molar-refractivity contribution in [3.8, 4) is 0 Å². The molecule has 0 aliphatic heterocycles. The first-order chi connectivity index (χ1) is 10.2. The molecule has 2 rings (SSSR count). The molecule has 0 heterocycles. The van der Waals surface area contributed by atoms with E-state index in [-0.39, 0.29) is 4.90 Å². The molecule has 0 aromatic heterocycles. The normalized spacial score (nSPS) is 11.7. The summed E-state index contributed by atoms with van der Waals surface area (Å²) < 4.78 is 27.8. The van der Waals surface area contributed by atoms with Crippen LogP contribution in [0.4, 0.5) is 5.69 Å². The van der Waals surface area contributed by atoms with E-state index in [0.717, 1.165) is 22.3 Å². The fraction of sp³-hybridized carbons (Fsp3) is 0.333. The van der Waals surface area contributed by atoms with Crippen LogP contribution in [-0.4, -0.2) is 8.42 Å². The van der Waals surface area contributed by atoms with Gasteiger partial charge in [0.25, 0.3) is 10.0 Å². The number of sulfonamides is 1. The summed E-state index contributed by atoms with van der Waals surface area (Å²) in [7, 11) is -3.56. The summed E-state index contributed by atoms with van der Waals surface area (Å²) in [4.78, 5) is 0.288. The molecule has 3 nitrogen and oxygen atoms in total. The average molecular weight is 317 g/mol. The van der Waals surface area contributed by atoms with Crippen molar-refractivity contribution in [2.75, 3.05) is 4.72 Å². The second kappa shape index (κ2) is 6.13. The van der Waals surface area contributed by atoms with Gasteiger partial charge in [-0.15, -0.1) is 0 Å². The van der Waals surface area contributed by atoms with Crippen LogP contribution in [0.25, 0.3) is 0 Å². The van der Waals surface area contributed by atoms with E-state index in [1.165, 1.54) is 0 Å². The molecule has 0 amide bonds. The summed E-state index contributed by atoms with van der Waals surface area (Å²) in [6.07, 6.45) is 0. The van der Waals surface area contributed by atoms with Crippen molar-refractivity contribution >= 4 is 15.7 Å². The molecule has 0 aliphatic carbocycles. The van der Waals surface area contributed by atoms with Gasteiger partial charge in [0.1, 0.15) is 0 Å². The lowest BCUT2D eigenvalue weighted by molar-refractivity contribution is 0.601. The lowest BCUT2D eigenvalue weighted by Gasteiger charge is -2.15. The lowest BCUT2D eigenvalue weighted by Crippen LogP contribution is -2.15.